The van der Waals surface area contributed by atoms with Gasteiger partial charge >= 0.3 is 0 Å². The van der Waals surface area contributed by atoms with Gasteiger partial charge in [0.05, 0.1) is 6.04 Å². The number of aryl methyl sites for hydroxylation is 1. The molecule has 1 aliphatic carbocycles. The first-order valence-electron chi connectivity index (χ1n) is 6.50. The van der Waals surface area contributed by atoms with E-state index in [-0.39, 0.29) is 6.04 Å². The molecule has 3 N–H and O–H groups in total. The molecule has 1 unspecified atom stereocenters. The highest BCUT2D eigenvalue weighted by atomic mass is 32.1. The van der Waals surface area contributed by atoms with Crippen molar-refractivity contribution in [3.63, 3.8) is 0 Å². The summed E-state index contributed by atoms with van der Waals surface area (Å²) in [5, 5.41) is 4.42. The van der Waals surface area contributed by atoms with Gasteiger partial charge in [0.2, 0.25) is 0 Å². The summed E-state index contributed by atoms with van der Waals surface area (Å²) in [7, 11) is 0. The highest BCUT2D eigenvalue weighted by Crippen LogP contribution is 2.31. The van der Waals surface area contributed by atoms with Crippen LogP contribution >= 0.6 is 11.3 Å². The third kappa shape index (κ3) is 3.18. The van der Waals surface area contributed by atoms with E-state index in [1.807, 2.05) is 0 Å². The standard InChI is InChI=1S/C14H22N2S/c1-11-9-17-10-13(11)14(16-15)12-7-5-3-2-4-6-8-12/h7,9-10,14,16H,2-6,8,15H2,1H3/b12-7+. The molecule has 0 aromatic carbocycles. The van der Waals surface area contributed by atoms with Crippen LogP contribution in [0.15, 0.2) is 22.4 Å². The van der Waals surface area contributed by atoms with E-state index >= 15 is 0 Å². The maximum Gasteiger partial charge on any atom is 0.0680 e. The Bertz CT molecular complexity index is 381. The Hall–Kier alpha value is -0.640. The molecule has 0 saturated heterocycles. The van der Waals surface area contributed by atoms with Crippen molar-refractivity contribution in [2.24, 2.45) is 5.84 Å². The van der Waals surface area contributed by atoms with Crippen molar-refractivity contribution >= 4 is 11.3 Å². The number of hydrazine groups is 1. The molecule has 94 valence electrons. The van der Waals surface area contributed by atoms with E-state index in [4.69, 9.17) is 5.84 Å². The fourth-order valence-corrected chi connectivity index (χ4v) is 3.42. The first-order chi connectivity index (χ1) is 8.33. The van der Waals surface area contributed by atoms with Gasteiger partial charge in [-0.1, -0.05) is 24.5 Å². The summed E-state index contributed by atoms with van der Waals surface area (Å²) in [6.45, 7) is 2.17. The van der Waals surface area contributed by atoms with Crippen LogP contribution in [0.2, 0.25) is 0 Å². The van der Waals surface area contributed by atoms with Crippen molar-refractivity contribution in [2.45, 2.75) is 51.5 Å². The zero-order valence-corrected chi connectivity index (χ0v) is 11.4. The van der Waals surface area contributed by atoms with Crippen LogP contribution in [-0.4, -0.2) is 0 Å². The quantitative estimate of drug-likeness (QED) is 0.486. The minimum Gasteiger partial charge on any atom is -0.271 e. The second-order valence-corrected chi connectivity index (χ2v) is 5.59. The number of hydrogen-bond acceptors (Lipinski definition) is 3. The van der Waals surface area contributed by atoms with Crippen molar-refractivity contribution in [2.75, 3.05) is 0 Å². The second kappa shape index (κ2) is 6.34. The summed E-state index contributed by atoms with van der Waals surface area (Å²) in [6.07, 6.45) is 10.2. The van der Waals surface area contributed by atoms with Crippen LogP contribution < -0.4 is 11.3 Å². The van der Waals surface area contributed by atoms with Gasteiger partial charge in [0.25, 0.3) is 0 Å². The van der Waals surface area contributed by atoms with Gasteiger partial charge in [-0.25, -0.2) is 5.43 Å². The molecule has 0 radical (unpaired) electrons. The maximum atomic E-state index is 5.77. The zero-order valence-electron chi connectivity index (χ0n) is 10.5. The Balaban J connectivity index is 2.19. The predicted molar refractivity (Wildman–Crippen MR) is 74.9 cm³/mol. The molecule has 1 atom stereocenters. The fourth-order valence-electron chi connectivity index (χ4n) is 2.54. The van der Waals surface area contributed by atoms with Crippen molar-refractivity contribution < 1.29 is 0 Å². The molecule has 0 aliphatic heterocycles. The van der Waals surface area contributed by atoms with E-state index in [2.05, 4.69) is 29.2 Å². The number of nitrogens with one attached hydrogen (secondary N) is 1. The molecule has 0 saturated carbocycles. The van der Waals surface area contributed by atoms with Crippen molar-refractivity contribution in [3.05, 3.63) is 33.5 Å². The van der Waals surface area contributed by atoms with Gasteiger partial charge in [-0.2, -0.15) is 11.3 Å². The van der Waals surface area contributed by atoms with Gasteiger partial charge in [0, 0.05) is 0 Å². The van der Waals surface area contributed by atoms with E-state index in [1.54, 1.807) is 11.3 Å². The number of allylic oxidation sites excluding steroid dienone is 1. The van der Waals surface area contributed by atoms with Crippen molar-refractivity contribution in [1.29, 1.82) is 0 Å². The maximum absolute atomic E-state index is 5.77. The lowest BCUT2D eigenvalue weighted by molar-refractivity contribution is 0.555. The average molecular weight is 250 g/mol. The first-order valence-corrected chi connectivity index (χ1v) is 7.45. The summed E-state index contributed by atoms with van der Waals surface area (Å²) < 4.78 is 0. The van der Waals surface area contributed by atoms with Gasteiger partial charge in [-0.05, 0) is 54.5 Å². The molecule has 0 amide bonds. The molecule has 0 spiro atoms. The summed E-state index contributed by atoms with van der Waals surface area (Å²) in [5.74, 6) is 5.77. The predicted octanol–water partition coefficient (Wildman–Crippen LogP) is 3.84. The summed E-state index contributed by atoms with van der Waals surface area (Å²) in [5.41, 5.74) is 7.18. The van der Waals surface area contributed by atoms with E-state index in [1.165, 1.54) is 55.2 Å². The van der Waals surface area contributed by atoms with E-state index < -0.39 is 0 Å². The molecule has 0 fully saturated rings. The molecular weight excluding hydrogens is 228 g/mol. The van der Waals surface area contributed by atoms with Gasteiger partial charge in [0.1, 0.15) is 0 Å². The average Bonchev–Trinajstić information content (AvgIpc) is 2.69. The minimum absolute atomic E-state index is 0.222. The van der Waals surface area contributed by atoms with Crippen molar-refractivity contribution in [1.82, 2.24) is 5.43 Å². The van der Waals surface area contributed by atoms with E-state index in [9.17, 15) is 0 Å². The van der Waals surface area contributed by atoms with E-state index in [0.717, 1.165) is 0 Å². The van der Waals surface area contributed by atoms with Gasteiger partial charge in [-0.3, -0.25) is 5.84 Å². The van der Waals surface area contributed by atoms with Crippen LogP contribution in [0.25, 0.3) is 0 Å². The normalized spacial score (nSPS) is 22.4. The smallest absolute Gasteiger partial charge is 0.0680 e. The molecule has 1 heterocycles. The van der Waals surface area contributed by atoms with Crippen LogP contribution in [0.4, 0.5) is 0 Å². The van der Waals surface area contributed by atoms with Crippen LogP contribution in [-0.2, 0) is 0 Å². The fraction of sp³-hybridized carbons (Fsp3) is 0.571. The van der Waals surface area contributed by atoms with Crippen LogP contribution in [0, 0.1) is 6.92 Å². The number of hydrogen-bond donors (Lipinski definition) is 2. The highest BCUT2D eigenvalue weighted by Gasteiger charge is 2.18. The van der Waals surface area contributed by atoms with Gasteiger partial charge in [0.15, 0.2) is 0 Å². The molecule has 0 bridgehead atoms. The molecule has 1 aliphatic rings. The number of rotatable bonds is 3. The lowest BCUT2D eigenvalue weighted by Crippen LogP contribution is -2.29. The third-order valence-electron chi connectivity index (χ3n) is 3.57. The van der Waals surface area contributed by atoms with Crippen LogP contribution in [0.1, 0.15) is 55.7 Å². The Morgan fingerprint density at radius 3 is 2.76 bits per heavy atom. The summed E-state index contributed by atoms with van der Waals surface area (Å²) >= 11 is 1.76. The Morgan fingerprint density at radius 1 is 1.24 bits per heavy atom. The molecule has 2 rings (SSSR count). The molecule has 17 heavy (non-hydrogen) atoms. The first kappa shape index (κ1) is 12.8. The monoisotopic (exact) mass is 250 g/mol. The summed E-state index contributed by atoms with van der Waals surface area (Å²) in [4.78, 5) is 0. The topological polar surface area (TPSA) is 38.0 Å². The molecule has 1 aromatic rings. The van der Waals surface area contributed by atoms with Gasteiger partial charge in [-0.15, -0.1) is 0 Å². The zero-order chi connectivity index (χ0) is 12.1. The lowest BCUT2D eigenvalue weighted by atomic mass is 9.91. The minimum atomic E-state index is 0.222. The molecule has 1 aromatic heterocycles. The number of thiophene rings is 1. The highest BCUT2D eigenvalue weighted by molar-refractivity contribution is 7.08. The Kier molecular flexibility index (Phi) is 4.77. The van der Waals surface area contributed by atoms with Crippen LogP contribution in [0.3, 0.4) is 0 Å². The molecule has 2 nitrogen and oxygen atoms in total. The van der Waals surface area contributed by atoms with E-state index in [0.29, 0.717) is 0 Å². The SMILES string of the molecule is Cc1cscc1C(NN)/C1=C/CCCCCC1. The second-order valence-electron chi connectivity index (χ2n) is 4.84. The molecule has 3 heteroatoms. The lowest BCUT2D eigenvalue weighted by Gasteiger charge is -2.21. The number of nitrogens with two attached hydrogens (primary N) is 1. The Labute approximate surface area is 108 Å². The van der Waals surface area contributed by atoms with Crippen LogP contribution in [0.5, 0.6) is 0 Å². The largest absolute Gasteiger partial charge is 0.271 e. The third-order valence-corrected chi connectivity index (χ3v) is 4.45. The summed E-state index contributed by atoms with van der Waals surface area (Å²) in [6, 6.07) is 0.222. The Morgan fingerprint density at radius 2 is 2.06 bits per heavy atom. The molecular formula is C14H22N2S. The van der Waals surface area contributed by atoms with Gasteiger partial charge < -0.3 is 0 Å². The van der Waals surface area contributed by atoms with Crippen molar-refractivity contribution in [3.8, 4) is 0 Å².